The summed E-state index contributed by atoms with van der Waals surface area (Å²) in [4.78, 5) is 15.2. The Balaban J connectivity index is 1.37. The molecule has 0 saturated heterocycles. The SMILES string of the molecule is O=C(O)CC1COc2cc(OC3CCc4c(Cc5ccc(Cl)nc5)ccc(F)c43)ccc21. The summed E-state index contributed by atoms with van der Waals surface area (Å²) < 4.78 is 26.7. The second kappa shape index (κ2) is 8.43. The van der Waals surface area contributed by atoms with Crippen molar-refractivity contribution < 1.29 is 23.8 Å². The largest absolute Gasteiger partial charge is 0.492 e. The molecule has 0 fully saturated rings. The summed E-state index contributed by atoms with van der Waals surface area (Å²) >= 11 is 5.88. The fourth-order valence-electron chi connectivity index (χ4n) is 4.63. The number of aromatic nitrogens is 1. The molecule has 2 aromatic carbocycles. The number of carboxylic acids is 1. The Hall–Kier alpha value is -3.12. The lowest BCUT2D eigenvalue weighted by Crippen LogP contribution is -2.07. The zero-order valence-corrected chi connectivity index (χ0v) is 17.9. The Morgan fingerprint density at radius 3 is 2.91 bits per heavy atom. The number of ether oxygens (including phenoxy) is 2. The Bertz CT molecular complexity index is 1180. The van der Waals surface area contributed by atoms with E-state index in [0.717, 1.165) is 28.7 Å². The van der Waals surface area contributed by atoms with Gasteiger partial charge in [-0.05, 0) is 54.2 Å². The van der Waals surface area contributed by atoms with Crippen LogP contribution in [-0.2, 0) is 17.6 Å². The van der Waals surface area contributed by atoms with Gasteiger partial charge in [-0.1, -0.05) is 29.8 Å². The number of hydrogen-bond acceptors (Lipinski definition) is 4. The van der Waals surface area contributed by atoms with Crippen LogP contribution < -0.4 is 9.47 Å². The fraction of sp³-hybridized carbons (Fsp3) is 0.280. The third-order valence-electron chi connectivity index (χ3n) is 6.13. The molecule has 5 rings (SSSR count). The fourth-order valence-corrected chi connectivity index (χ4v) is 4.74. The van der Waals surface area contributed by atoms with Crippen LogP contribution in [0.4, 0.5) is 4.39 Å². The van der Waals surface area contributed by atoms with Crippen LogP contribution >= 0.6 is 11.6 Å². The quantitative estimate of drug-likeness (QED) is 0.500. The van der Waals surface area contributed by atoms with Gasteiger partial charge in [0.1, 0.15) is 28.6 Å². The summed E-state index contributed by atoms with van der Waals surface area (Å²) in [5, 5.41) is 9.51. The molecule has 2 atom stereocenters. The highest BCUT2D eigenvalue weighted by molar-refractivity contribution is 6.29. The number of pyridine rings is 1. The van der Waals surface area contributed by atoms with Gasteiger partial charge >= 0.3 is 5.97 Å². The third-order valence-corrected chi connectivity index (χ3v) is 6.35. The van der Waals surface area contributed by atoms with E-state index in [1.807, 2.05) is 24.3 Å². The number of nitrogens with zero attached hydrogens (tertiary/aromatic N) is 1. The minimum absolute atomic E-state index is 0.0281. The highest BCUT2D eigenvalue weighted by atomic mass is 35.5. The van der Waals surface area contributed by atoms with Crippen molar-refractivity contribution in [2.24, 2.45) is 0 Å². The Kier molecular flexibility index (Phi) is 5.47. The molecule has 32 heavy (non-hydrogen) atoms. The number of halogens is 2. The Morgan fingerprint density at radius 2 is 2.12 bits per heavy atom. The first kappa shape index (κ1) is 20.8. The van der Waals surface area contributed by atoms with Crippen molar-refractivity contribution in [3.63, 3.8) is 0 Å². The van der Waals surface area contributed by atoms with Gasteiger partial charge in [-0.3, -0.25) is 4.79 Å². The molecule has 0 saturated carbocycles. The molecule has 2 heterocycles. The molecule has 1 aliphatic carbocycles. The van der Waals surface area contributed by atoms with Crippen molar-refractivity contribution in [3.05, 3.63) is 87.4 Å². The van der Waals surface area contributed by atoms with Crippen molar-refractivity contribution in [2.75, 3.05) is 6.61 Å². The van der Waals surface area contributed by atoms with Crippen molar-refractivity contribution in [1.82, 2.24) is 4.98 Å². The molecule has 164 valence electrons. The van der Waals surface area contributed by atoms with Crippen molar-refractivity contribution in [3.8, 4) is 11.5 Å². The minimum Gasteiger partial charge on any atom is -0.492 e. The summed E-state index contributed by atoms with van der Waals surface area (Å²) in [5.74, 6) is -0.0544. The molecule has 0 bridgehead atoms. The number of carbonyl (C=O) groups is 1. The van der Waals surface area contributed by atoms with Crippen LogP contribution in [0.15, 0.2) is 48.7 Å². The lowest BCUT2D eigenvalue weighted by Gasteiger charge is -2.17. The van der Waals surface area contributed by atoms with Gasteiger partial charge in [-0.2, -0.15) is 0 Å². The lowest BCUT2D eigenvalue weighted by molar-refractivity contribution is -0.137. The predicted molar refractivity (Wildman–Crippen MR) is 117 cm³/mol. The Morgan fingerprint density at radius 1 is 1.25 bits per heavy atom. The van der Waals surface area contributed by atoms with Gasteiger partial charge in [0.05, 0.1) is 13.0 Å². The maximum absolute atomic E-state index is 14.8. The van der Waals surface area contributed by atoms with E-state index in [1.54, 1.807) is 18.3 Å². The number of carboxylic acid groups (broad SMARTS) is 1. The molecule has 1 aromatic heterocycles. The topological polar surface area (TPSA) is 68.7 Å². The lowest BCUT2D eigenvalue weighted by atomic mass is 9.97. The molecule has 1 aliphatic heterocycles. The van der Waals surface area contributed by atoms with Gasteiger partial charge in [0.2, 0.25) is 0 Å². The molecule has 0 amide bonds. The van der Waals surface area contributed by atoms with Crippen molar-refractivity contribution in [1.29, 1.82) is 0 Å². The summed E-state index contributed by atoms with van der Waals surface area (Å²) in [6.45, 7) is 0.342. The van der Waals surface area contributed by atoms with Crippen LogP contribution in [0.3, 0.4) is 0 Å². The zero-order chi connectivity index (χ0) is 22.2. The number of rotatable bonds is 6. The van der Waals surface area contributed by atoms with Crippen LogP contribution in [0.1, 0.15) is 52.7 Å². The van der Waals surface area contributed by atoms with Gasteiger partial charge in [-0.15, -0.1) is 0 Å². The average molecular weight is 454 g/mol. The second-order valence-electron chi connectivity index (χ2n) is 8.22. The van der Waals surface area contributed by atoms with Crippen LogP contribution in [0.2, 0.25) is 5.15 Å². The average Bonchev–Trinajstić information content (AvgIpc) is 3.36. The molecule has 7 heteroatoms. The van der Waals surface area contributed by atoms with Gasteiger partial charge in [0.15, 0.2) is 0 Å². The van der Waals surface area contributed by atoms with E-state index < -0.39 is 5.97 Å². The van der Waals surface area contributed by atoms with Gasteiger partial charge in [0, 0.05) is 29.3 Å². The monoisotopic (exact) mass is 453 g/mol. The standard InChI is InChI=1S/C25H21ClFNO4/c26-23-8-1-14(12-28-23)9-15-2-6-20(27)25-19(15)5-7-21(25)32-17-3-4-18-16(10-24(29)30)13-31-22(18)11-17/h1-4,6,8,11-12,16,21H,5,7,9-10,13H2,(H,29,30). The van der Waals surface area contributed by atoms with Crippen LogP contribution in [0, 0.1) is 5.82 Å². The van der Waals surface area contributed by atoms with Crippen LogP contribution in [-0.4, -0.2) is 22.7 Å². The summed E-state index contributed by atoms with van der Waals surface area (Å²) in [5.41, 5.74) is 4.54. The van der Waals surface area contributed by atoms with E-state index in [9.17, 15) is 9.18 Å². The maximum atomic E-state index is 14.8. The van der Waals surface area contributed by atoms with Crippen molar-refractivity contribution >= 4 is 17.6 Å². The van der Waals surface area contributed by atoms with Gasteiger partial charge < -0.3 is 14.6 Å². The summed E-state index contributed by atoms with van der Waals surface area (Å²) in [6, 6.07) is 12.4. The number of hydrogen-bond donors (Lipinski definition) is 1. The van der Waals surface area contributed by atoms with Crippen molar-refractivity contribution in [2.45, 2.75) is 37.7 Å². The van der Waals surface area contributed by atoms with E-state index in [1.165, 1.54) is 6.07 Å². The van der Waals surface area contributed by atoms with E-state index >= 15 is 0 Å². The normalized spacial score (nSPS) is 18.7. The first-order valence-electron chi connectivity index (χ1n) is 10.5. The molecule has 0 radical (unpaired) electrons. The van der Waals surface area contributed by atoms with E-state index in [0.29, 0.717) is 41.7 Å². The smallest absolute Gasteiger partial charge is 0.304 e. The molecule has 5 nitrogen and oxygen atoms in total. The summed E-state index contributed by atoms with van der Waals surface area (Å²) in [7, 11) is 0. The third kappa shape index (κ3) is 4.02. The first-order chi connectivity index (χ1) is 15.5. The van der Waals surface area contributed by atoms with Crippen LogP contribution in [0.5, 0.6) is 11.5 Å². The molecule has 1 N–H and O–H groups in total. The van der Waals surface area contributed by atoms with Crippen LogP contribution in [0.25, 0.3) is 0 Å². The van der Waals surface area contributed by atoms with Gasteiger partial charge in [-0.25, -0.2) is 9.37 Å². The molecule has 3 aromatic rings. The Labute approximate surface area is 189 Å². The molecule has 2 aliphatic rings. The molecule has 0 spiro atoms. The minimum atomic E-state index is -0.852. The highest BCUT2D eigenvalue weighted by Gasteiger charge is 2.31. The highest BCUT2D eigenvalue weighted by Crippen LogP contribution is 2.42. The number of fused-ring (bicyclic) bond motifs is 2. The van der Waals surface area contributed by atoms with E-state index in [-0.39, 0.29) is 24.3 Å². The van der Waals surface area contributed by atoms with Gasteiger partial charge in [0.25, 0.3) is 0 Å². The number of benzene rings is 2. The summed E-state index contributed by atoms with van der Waals surface area (Å²) in [6.07, 6.45) is 3.45. The zero-order valence-electron chi connectivity index (χ0n) is 17.2. The van der Waals surface area contributed by atoms with E-state index in [2.05, 4.69) is 4.98 Å². The van der Waals surface area contributed by atoms with E-state index in [4.69, 9.17) is 26.2 Å². The maximum Gasteiger partial charge on any atom is 0.304 e. The predicted octanol–water partition coefficient (Wildman–Crippen LogP) is 5.48. The molecular formula is C25H21ClFNO4. The number of aliphatic carboxylic acids is 1. The molecule has 2 unspecified atom stereocenters. The second-order valence-corrected chi connectivity index (χ2v) is 8.60. The first-order valence-corrected chi connectivity index (χ1v) is 10.9. The molecular weight excluding hydrogens is 433 g/mol.